The summed E-state index contributed by atoms with van der Waals surface area (Å²) in [6.07, 6.45) is 1.77. The van der Waals surface area contributed by atoms with E-state index in [2.05, 4.69) is 15.3 Å². The monoisotopic (exact) mass is 379 g/mol. The number of esters is 1. The average Bonchev–Trinajstić information content (AvgIpc) is 2.73. The SMILES string of the molecule is COC(=O)[C@H](Cc1cnc2ccccc2n1)NC(=O)COCc1ccccc1. The van der Waals surface area contributed by atoms with Crippen LogP contribution < -0.4 is 5.32 Å². The molecule has 1 N–H and O–H groups in total. The molecule has 144 valence electrons. The van der Waals surface area contributed by atoms with Crippen molar-refractivity contribution < 1.29 is 19.1 Å². The number of hydrogen-bond donors (Lipinski definition) is 1. The number of rotatable bonds is 8. The van der Waals surface area contributed by atoms with Crippen LogP contribution in [0.15, 0.2) is 60.8 Å². The van der Waals surface area contributed by atoms with Gasteiger partial charge in [-0.15, -0.1) is 0 Å². The Morgan fingerprint density at radius 1 is 1.04 bits per heavy atom. The van der Waals surface area contributed by atoms with Crippen LogP contribution in [0.2, 0.25) is 0 Å². The van der Waals surface area contributed by atoms with Crippen LogP contribution in [0, 0.1) is 0 Å². The van der Waals surface area contributed by atoms with Crippen molar-refractivity contribution in [1.82, 2.24) is 15.3 Å². The molecule has 0 saturated carbocycles. The van der Waals surface area contributed by atoms with Crippen LogP contribution in [0.1, 0.15) is 11.3 Å². The second-order valence-electron chi connectivity index (χ2n) is 6.18. The molecule has 1 atom stereocenters. The average molecular weight is 379 g/mol. The van der Waals surface area contributed by atoms with Gasteiger partial charge < -0.3 is 14.8 Å². The normalized spacial score (nSPS) is 11.8. The molecule has 0 aliphatic rings. The number of benzene rings is 2. The summed E-state index contributed by atoms with van der Waals surface area (Å²) in [5.41, 5.74) is 3.03. The van der Waals surface area contributed by atoms with Crippen LogP contribution in [0.5, 0.6) is 0 Å². The van der Waals surface area contributed by atoms with Gasteiger partial charge in [-0.25, -0.2) is 9.78 Å². The Labute approximate surface area is 162 Å². The molecule has 7 nitrogen and oxygen atoms in total. The molecule has 0 unspecified atom stereocenters. The number of amides is 1. The van der Waals surface area contributed by atoms with Gasteiger partial charge in [-0.3, -0.25) is 9.78 Å². The summed E-state index contributed by atoms with van der Waals surface area (Å²) in [6, 6.07) is 16.1. The quantitative estimate of drug-likeness (QED) is 0.603. The highest BCUT2D eigenvalue weighted by atomic mass is 16.5. The van der Waals surface area contributed by atoms with Crippen molar-refractivity contribution in [2.45, 2.75) is 19.1 Å². The molecule has 0 saturated heterocycles. The number of fused-ring (bicyclic) bond motifs is 1. The lowest BCUT2D eigenvalue weighted by Crippen LogP contribution is -2.44. The number of hydrogen-bond acceptors (Lipinski definition) is 6. The highest BCUT2D eigenvalue weighted by Crippen LogP contribution is 2.10. The maximum Gasteiger partial charge on any atom is 0.328 e. The van der Waals surface area contributed by atoms with Gasteiger partial charge in [0.15, 0.2) is 0 Å². The number of carbonyl (C=O) groups excluding carboxylic acids is 2. The number of para-hydroxylation sites is 2. The van der Waals surface area contributed by atoms with Crippen LogP contribution in [0.4, 0.5) is 0 Å². The van der Waals surface area contributed by atoms with Crippen molar-refractivity contribution in [1.29, 1.82) is 0 Å². The fraction of sp³-hybridized carbons (Fsp3) is 0.238. The first kappa shape index (κ1) is 19.4. The van der Waals surface area contributed by atoms with E-state index in [0.29, 0.717) is 12.3 Å². The van der Waals surface area contributed by atoms with Gasteiger partial charge in [-0.1, -0.05) is 42.5 Å². The standard InChI is InChI=1S/C21H21N3O4/c1-27-21(26)19(11-16-12-22-17-9-5-6-10-18(17)23-16)24-20(25)14-28-13-15-7-3-2-4-8-15/h2-10,12,19H,11,13-14H2,1H3,(H,24,25)/t19-/m0/s1. The van der Waals surface area contributed by atoms with E-state index >= 15 is 0 Å². The van der Waals surface area contributed by atoms with Gasteiger partial charge in [0, 0.05) is 12.6 Å². The molecule has 0 radical (unpaired) electrons. The molecule has 1 heterocycles. The highest BCUT2D eigenvalue weighted by Gasteiger charge is 2.23. The summed E-state index contributed by atoms with van der Waals surface area (Å²) < 4.78 is 10.2. The van der Waals surface area contributed by atoms with Gasteiger partial charge in [-0.05, 0) is 17.7 Å². The van der Waals surface area contributed by atoms with E-state index in [1.807, 2.05) is 54.6 Å². The third-order valence-electron chi connectivity index (χ3n) is 4.08. The lowest BCUT2D eigenvalue weighted by atomic mass is 10.1. The fourth-order valence-electron chi connectivity index (χ4n) is 2.71. The van der Waals surface area contributed by atoms with Gasteiger partial charge in [0.2, 0.25) is 5.91 Å². The van der Waals surface area contributed by atoms with Crippen LogP contribution in [-0.2, 0) is 32.1 Å². The maximum atomic E-state index is 12.2. The maximum absolute atomic E-state index is 12.2. The second kappa shape index (κ2) is 9.57. The number of nitrogens with one attached hydrogen (secondary N) is 1. The number of aromatic nitrogens is 2. The van der Waals surface area contributed by atoms with Gasteiger partial charge >= 0.3 is 5.97 Å². The van der Waals surface area contributed by atoms with Crippen LogP contribution in [-0.4, -0.2) is 41.6 Å². The number of carbonyl (C=O) groups is 2. The molecule has 0 bridgehead atoms. The molecule has 0 aliphatic heterocycles. The Morgan fingerprint density at radius 2 is 1.75 bits per heavy atom. The molecule has 3 aromatic rings. The zero-order valence-electron chi connectivity index (χ0n) is 15.5. The molecule has 2 aromatic carbocycles. The summed E-state index contributed by atoms with van der Waals surface area (Å²) in [4.78, 5) is 33.1. The molecule has 0 aliphatic carbocycles. The van der Waals surface area contributed by atoms with Crippen molar-refractivity contribution in [3.05, 3.63) is 72.1 Å². The van der Waals surface area contributed by atoms with Crippen molar-refractivity contribution in [2.24, 2.45) is 0 Å². The molecule has 1 amide bonds. The molecular formula is C21H21N3O4. The van der Waals surface area contributed by atoms with Crippen molar-refractivity contribution in [3.8, 4) is 0 Å². The zero-order chi connectivity index (χ0) is 19.8. The van der Waals surface area contributed by atoms with Gasteiger partial charge in [-0.2, -0.15) is 0 Å². The van der Waals surface area contributed by atoms with Gasteiger partial charge in [0.25, 0.3) is 0 Å². The predicted octanol–water partition coefficient (Wildman–Crippen LogP) is 2.05. The van der Waals surface area contributed by atoms with Crippen molar-refractivity contribution >= 4 is 22.9 Å². The Morgan fingerprint density at radius 3 is 2.50 bits per heavy atom. The minimum Gasteiger partial charge on any atom is -0.467 e. The largest absolute Gasteiger partial charge is 0.467 e. The third kappa shape index (κ3) is 5.34. The van der Waals surface area contributed by atoms with Crippen LogP contribution in [0.3, 0.4) is 0 Å². The molecule has 28 heavy (non-hydrogen) atoms. The van der Waals surface area contributed by atoms with Crippen molar-refractivity contribution in [2.75, 3.05) is 13.7 Å². The Hall–Kier alpha value is -3.32. The topological polar surface area (TPSA) is 90.4 Å². The minimum atomic E-state index is -0.867. The van der Waals surface area contributed by atoms with Crippen LogP contribution in [0.25, 0.3) is 11.0 Å². The molecule has 7 heteroatoms. The van der Waals surface area contributed by atoms with E-state index in [4.69, 9.17) is 9.47 Å². The van der Waals surface area contributed by atoms with E-state index in [-0.39, 0.29) is 13.0 Å². The Kier molecular flexibility index (Phi) is 6.64. The summed E-state index contributed by atoms with van der Waals surface area (Å²) in [5, 5.41) is 2.64. The molecule has 0 fully saturated rings. The predicted molar refractivity (Wildman–Crippen MR) is 103 cm³/mol. The summed E-state index contributed by atoms with van der Waals surface area (Å²) in [6.45, 7) is 0.152. The van der Waals surface area contributed by atoms with Gasteiger partial charge in [0.1, 0.15) is 12.6 Å². The van der Waals surface area contributed by atoms with Crippen molar-refractivity contribution in [3.63, 3.8) is 0 Å². The number of methoxy groups -OCH3 is 1. The first-order valence-corrected chi connectivity index (χ1v) is 8.85. The first-order chi connectivity index (χ1) is 13.7. The Bertz CT molecular complexity index is 947. The summed E-state index contributed by atoms with van der Waals surface area (Å²) in [5.74, 6) is -0.952. The first-order valence-electron chi connectivity index (χ1n) is 8.85. The number of ether oxygens (including phenoxy) is 2. The molecule has 0 spiro atoms. The lowest BCUT2D eigenvalue weighted by Gasteiger charge is -2.16. The minimum absolute atomic E-state index is 0.161. The molecular weight excluding hydrogens is 358 g/mol. The van der Waals surface area contributed by atoms with Gasteiger partial charge in [0.05, 0.1) is 30.4 Å². The van der Waals surface area contributed by atoms with E-state index in [0.717, 1.165) is 16.6 Å². The van der Waals surface area contributed by atoms with E-state index < -0.39 is 17.9 Å². The Balaban J connectivity index is 1.59. The third-order valence-corrected chi connectivity index (χ3v) is 4.08. The molecule has 1 aromatic heterocycles. The van der Waals surface area contributed by atoms with E-state index in [1.54, 1.807) is 6.20 Å². The fourth-order valence-corrected chi connectivity index (χ4v) is 2.71. The van der Waals surface area contributed by atoms with E-state index in [1.165, 1.54) is 7.11 Å². The smallest absolute Gasteiger partial charge is 0.328 e. The summed E-state index contributed by atoms with van der Waals surface area (Å²) in [7, 11) is 1.28. The molecule has 3 rings (SSSR count). The second-order valence-corrected chi connectivity index (χ2v) is 6.18. The lowest BCUT2D eigenvalue weighted by molar-refractivity contribution is -0.145. The van der Waals surface area contributed by atoms with E-state index in [9.17, 15) is 9.59 Å². The highest BCUT2D eigenvalue weighted by molar-refractivity contribution is 5.85. The van der Waals surface area contributed by atoms with Crippen LogP contribution >= 0.6 is 0 Å². The zero-order valence-corrected chi connectivity index (χ0v) is 15.5. The number of nitrogens with zero attached hydrogens (tertiary/aromatic N) is 2. The summed E-state index contributed by atoms with van der Waals surface area (Å²) >= 11 is 0.